The molecular weight excluding hydrogens is 184 g/mol. The van der Waals surface area contributed by atoms with Crippen LogP contribution in [0.25, 0.3) is 0 Å². The molecule has 15 heavy (non-hydrogen) atoms. The van der Waals surface area contributed by atoms with E-state index in [0.29, 0.717) is 0 Å². The monoisotopic (exact) mass is 212 g/mol. The molecular formula is C13H28N2. The Labute approximate surface area is 95.4 Å². The van der Waals surface area contributed by atoms with Gasteiger partial charge >= 0.3 is 0 Å². The average molecular weight is 212 g/mol. The molecule has 1 aliphatic rings. The molecule has 1 fully saturated rings. The van der Waals surface area contributed by atoms with E-state index >= 15 is 0 Å². The van der Waals surface area contributed by atoms with Gasteiger partial charge in [0.2, 0.25) is 0 Å². The lowest BCUT2D eigenvalue weighted by Gasteiger charge is -2.18. The average Bonchev–Trinajstić information content (AvgIpc) is 2.49. The van der Waals surface area contributed by atoms with Crippen LogP contribution in [-0.2, 0) is 0 Å². The Morgan fingerprint density at radius 1 is 1.13 bits per heavy atom. The van der Waals surface area contributed by atoms with Crippen molar-refractivity contribution in [2.24, 2.45) is 0 Å². The highest BCUT2D eigenvalue weighted by Gasteiger charge is 2.14. The number of hydrogen-bond donors (Lipinski definition) is 1. The van der Waals surface area contributed by atoms with Gasteiger partial charge in [0, 0.05) is 6.04 Å². The summed E-state index contributed by atoms with van der Waals surface area (Å²) in [6, 6.07) is 0.790. The Hall–Kier alpha value is -0.0800. The third-order valence-corrected chi connectivity index (χ3v) is 3.48. The van der Waals surface area contributed by atoms with E-state index in [1.165, 1.54) is 64.7 Å². The molecule has 0 aromatic heterocycles. The summed E-state index contributed by atoms with van der Waals surface area (Å²) in [5.74, 6) is 0. The van der Waals surface area contributed by atoms with E-state index in [1.807, 2.05) is 0 Å². The summed E-state index contributed by atoms with van der Waals surface area (Å²) in [5.41, 5.74) is 0. The Morgan fingerprint density at radius 3 is 2.73 bits per heavy atom. The standard InChI is InChI=1S/C13H28N2/c1-3-5-6-10-14-13-8-7-11-15(4-2)12-9-13/h13-14H,3-12H2,1-2H3. The van der Waals surface area contributed by atoms with Gasteiger partial charge < -0.3 is 10.2 Å². The third-order valence-electron chi connectivity index (χ3n) is 3.48. The second kappa shape index (κ2) is 8.12. The van der Waals surface area contributed by atoms with Crippen LogP contribution in [0.5, 0.6) is 0 Å². The summed E-state index contributed by atoms with van der Waals surface area (Å²) in [5, 5.41) is 3.71. The van der Waals surface area contributed by atoms with Crippen molar-refractivity contribution in [1.29, 1.82) is 0 Å². The summed E-state index contributed by atoms with van der Waals surface area (Å²) in [7, 11) is 0. The summed E-state index contributed by atoms with van der Waals surface area (Å²) in [6.07, 6.45) is 8.16. The minimum atomic E-state index is 0.790. The van der Waals surface area contributed by atoms with E-state index in [9.17, 15) is 0 Å². The van der Waals surface area contributed by atoms with Gasteiger partial charge in [-0.3, -0.25) is 0 Å². The molecule has 0 aliphatic carbocycles. The van der Waals surface area contributed by atoms with Crippen LogP contribution in [0.1, 0.15) is 52.4 Å². The van der Waals surface area contributed by atoms with Crippen LogP contribution in [0.2, 0.25) is 0 Å². The lowest BCUT2D eigenvalue weighted by atomic mass is 10.1. The van der Waals surface area contributed by atoms with Gasteiger partial charge in [-0.05, 0) is 51.9 Å². The van der Waals surface area contributed by atoms with Gasteiger partial charge in [0.1, 0.15) is 0 Å². The van der Waals surface area contributed by atoms with Gasteiger partial charge in [0.25, 0.3) is 0 Å². The Balaban J connectivity index is 2.08. The molecule has 0 aromatic rings. The zero-order valence-electron chi connectivity index (χ0n) is 10.6. The fourth-order valence-corrected chi connectivity index (χ4v) is 2.36. The van der Waals surface area contributed by atoms with Crippen molar-refractivity contribution < 1.29 is 0 Å². The molecule has 1 unspecified atom stereocenters. The van der Waals surface area contributed by atoms with Gasteiger partial charge in [0.05, 0.1) is 0 Å². The molecule has 0 bridgehead atoms. The fourth-order valence-electron chi connectivity index (χ4n) is 2.36. The van der Waals surface area contributed by atoms with Crippen LogP contribution >= 0.6 is 0 Å². The first-order chi connectivity index (χ1) is 7.36. The molecule has 2 heteroatoms. The maximum atomic E-state index is 3.71. The Morgan fingerprint density at radius 2 is 2.00 bits per heavy atom. The molecule has 1 saturated heterocycles. The molecule has 2 nitrogen and oxygen atoms in total. The summed E-state index contributed by atoms with van der Waals surface area (Å²) in [4.78, 5) is 2.58. The van der Waals surface area contributed by atoms with Gasteiger partial charge in [-0.15, -0.1) is 0 Å². The highest BCUT2D eigenvalue weighted by Crippen LogP contribution is 2.10. The SMILES string of the molecule is CCCCCNC1CCCN(CC)CC1. The predicted octanol–water partition coefficient (Wildman–Crippen LogP) is 2.64. The van der Waals surface area contributed by atoms with Gasteiger partial charge in [0.15, 0.2) is 0 Å². The first kappa shape index (κ1) is 13.0. The van der Waals surface area contributed by atoms with Crippen LogP contribution in [0, 0.1) is 0 Å². The molecule has 0 spiro atoms. The first-order valence-electron chi connectivity index (χ1n) is 6.82. The number of unbranched alkanes of at least 4 members (excludes halogenated alkanes) is 2. The molecule has 1 aliphatic heterocycles. The van der Waals surface area contributed by atoms with E-state index in [4.69, 9.17) is 0 Å². The minimum Gasteiger partial charge on any atom is -0.314 e. The van der Waals surface area contributed by atoms with Crippen molar-refractivity contribution in [3.8, 4) is 0 Å². The molecule has 0 radical (unpaired) electrons. The molecule has 1 atom stereocenters. The molecule has 1 rings (SSSR count). The van der Waals surface area contributed by atoms with E-state index in [0.717, 1.165) is 6.04 Å². The van der Waals surface area contributed by atoms with Gasteiger partial charge in [-0.25, -0.2) is 0 Å². The van der Waals surface area contributed by atoms with E-state index in [-0.39, 0.29) is 0 Å². The molecule has 90 valence electrons. The largest absolute Gasteiger partial charge is 0.314 e. The molecule has 0 amide bonds. The Kier molecular flexibility index (Phi) is 7.03. The van der Waals surface area contributed by atoms with E-state index < -0.39 is 0 Å². The Bertz CT molecular complexity index is 147. The lowest BCUT2D eigenvalue weighted by molar-refractivity contribution is 0.297. The van der Waals surface area contributed by atoms with Gasteiger partial charge in [-0.2, -0.15) is 0 Å². The van der Waals surface area contributed by atoms with Crippen LogP contribution in [0.3, 0.4) is 0 Å². The van der Waals surface area contributed by atoms with Gasteiger partial charge in [-0.1, -0.05) is 26.7 Å². The van der Waals surface area contributed by atoms with Crippen LogP contribution in [0.4, 0.5) is 0 Å². The topological polar surface area (TPSA) is 15.3 Å². The van der Waals surface area contributed by atoms with Crippen molar-refractivity contribution >= 4 is 0 Å². The maximum Gasteiger partial charge on any atom is 0.00797 e. The highest BCUT2D eigenvalue weighted by atomic mass is 15.1. The van der Waals surface area contributed by atoms with Crippen molar-refractivity contribution in [1.82, 2.24) is 10.2 Å². The van der Waals surface area contributed by atoms with Crippen LogP contribution < -0.4 is 5.32 Å². The van der Waals surface area contributed by atoms with Crippen molar-refractivity contribution in [2.75, 3.05) is 26.2 Å². The third kappa shape index (κ3) is 5.53. The predicted molar refractivity (Wildman–Crippen MR) is 67.3 cm³/mol. The van der Waals surface area contributed by atoms with Crippen LogP contribution in [-0.4, -0.2) is 37.1 Å². The van der Waals surface area contributed by atoms with E-state index in [2.05, 4.69) is 24.1 Å². The number of nitrogens with one attached hydrogen (secondary N) is 1. The maximum absolute atomic E-state index is 3.71. The second-order valence-corrected chi connectivity index (χ2v) is 4.72. The zero-order valence-corrected chi connectivity index (χ0v) is 10.6. The van der Waals surface area contributed by atoms with Crippen LogP contribution in [0.15, 0.2) is 0 Å². The summed E-state index contributed by atoms with van der Waals surface area (Å²) in [6.45, 7) is 9.60. The summed E-state index contributed by atoms with van der Waals surface area (Å²) >= 11 is 0. The number of likely N-dealkylation sites (tertiary alicyclic amines) is 1. The summed E-state index contributed by atoms with van der Waals surface area (Å²) < 4.78 is 0. The molecule has 1 heterocycles. The molecule has 1 N–H and O–H groups in total. The number of hydrogen-bond acceptors (Lipinski definition) is 2. The number of rotatable bonds is 6. The smallest absolute Gasteiger partial charge is 0.00797 e. The van der Waals surface area contributed by atoms with Crippen molar-refractivity contribution in [3.05, 3.63) is 0 Å². The first-order valence-corrected chi connectivity index (χ1v) is 6.82. The molecule has 0 saturated carbocycles. The molecule has 0 aromatic carbocycles. The van der Waals surface area contributed by atoms with Crippen molar-refractivity contribution in [2.45, 2.75) is 58.4 Å². The minimum absolute atomic E-state index is 0.790. The highest BCUT2D eigenvalue weighted by molar-refractivity contribution is 4.74. The fraction of sp³-hybridized carbons (Fsp3) is 1.00. The lowest BCUT2D eigenvalue weighted by Crippen LogP contribution is -2.31. The zero-order chi connectivity index (χ0) is 10.9. The quantitative estimate of drug-likeness (QED) is 0.681. The second-order valence-electron chi connectivity index (χ2n) is 4.72. The van der Waals surface area contributed by atoms with E-state index in [1.54, 1.807) is 0 Å². The number of nitrogens with zero attached hydrogens (tertiary/aromatic N) is 1. The van der Waals surface area contributed by atoms with Crippen molar-refractivity contribution in [3.63, 3.8) is 0 Å². The normalized spacial score (nSPS) is 24.0.